The molecule has 6 heterocycles. The van der Waals surface area contributed by atoms with Gasteiger partial charge in [0.05, 0.1) is 88.7 Å². The van der Waals surface area contributed by atoms with E-state index in [-0.39, 0.29) is 103 Å². The first kappa shape index (κ1) is 71.4. The molecule has 0 unspecified atom stereocenters. The molecule has 19 N–H and O–H groups in total. The zero-order chi connectivity index (χ0) is 64.7. The molecule has 3 atom stereocenters. The lowest BCUT2D eigenvalue weighted by atomic mass is 10.3. The molecule has 0 aliphatic carbocycles. The van der Waals surface area contributed by atoms with Crippen LogP contribution in [-0.4, -0.2) is 295 Å². The molecule has 484 valence electrons. The molecule has 39 nitrogen and oxygen atoms in total. The molecule has 42 heteroatoms. The number of carbonyl (C=O) groups is 16. The van der Waals surface area contributed by atoms with Gasteiger partial charge >= 0.3 is 5.97 Å². The van der Waals surface area contributed by atoms with Crippen LogP contribution < -0.4 is 90.8 Å². The van der Waals surface area contributed by atoms with Gasteiger partial charge < -0.3 is 106 Å². The van der Waals surface area contributed by atoms with Crippen LogP contribution in [0.2, 0.25) is 0 Å². The number of thioether (sulfide) groups is 3. The Hall–Kier alpha value is -9.06. The number of amides is 15. The van der Waals surface area contributed by atoms with Crippen LogP contribution >= 0.6 is 35.3 Å². The molecule has 0 aromatic carbocycles. The molecule has 0 saturated carbocycles. The molecule has 5 aliphatic rings. The second-order valence-electron chi connectivity index (χ2n) is 18.9. The third-order valence-corrected chi connectivity index (χ3v) is 15.2. The van der Waals surface area contributed by atoms with Gasteiger partial charge in [0, 0.05) is 69.6 Å². The fourth-order valence-electron chi connectivity index (χ4n) is 7.41. The van der Waals surface area contributed by atoms with E-state index in [0.717, 1.165) is 35.3 Å². The fraction of sp³-hybridized carbons (Fsp3) is 0.587. The van der Waals surface area contributed by atoms with Crippen LogP contribution in [0.4, 0.5) is 17.8 Å². The molecule has 2 fully saturated rings. The van der Waals surface area contributed by atoms with Crippen LogP contribution in [-0.2, 0) is 76.7 Å². The van der Waals surface area contributed by atoms with Crippen molar-refractivity contribution in [1.29, 1.82) is 0 Å². The number of carboxylic acid groups (broad SMARTS) is 1. The van der Waals surface area contributed by atoms with Crippen LogP contribution in [0.3, 0.4) is 0 Å². The number of aliphatic carboxylic acids is 1. The number of nitrogens with one attached hydrogen (secondary N) is 12. The van der Waals surface area contributed by atoms with Crippen LogP contribution in [0.5, 0.6) is 0 Å². The number of hydrogen-bond donors (Lipinski definition) is 16. The largest absolute Gasteiger partial charge is 0.480 e. The van der Waals surface area contributed by atoms with E-state index in [1.54, 1.807) is 14.7 Å². The number of nitrogens with two attached hydrogens (primary N) is 3. The lowest BCUT2D eigenvalue weighted by Crippen LogP contribution is -2.53. The molecule has 5 aliphatic heterocycles. The van der Waals surface area contributed by atoms with Crippen LogP contribution in [0.25, 0.3) is 0 Å². The van der Waals surface area contributed by atoms with Crippen LogP contribution in [0, 0.1) is 0 Å². The molecule has 1 aromatic heterocycles. The van der Waals surface area contributed by atoms with Crippen LogP contribution in [0.15, 0.2) is 0 Å². The highest BCUT2D eigenvalue weighted by atomic mass is 32.2. The number of fused-ring (bicyclic) bond motifs is 2. The van der Waals surface area contributed by atoms with Crippen molar-refractivity contribution in [3.63, 3.8) is 0 Å². The summed E-state index contributed by atoms with van der Waals surface area (Å²) < 4.78 is 0. The highest BCUT2D eigenvalue weighted by Gasteiger charge is 2.29. The number of carbonyl (C=O) groups excluding carboxylic acids is 15. The number of piperazine rings is 2. The molecular weight excluding hydrogens is 1230 g/mol. The number of nitrogen functional groups attached to an aromatic ring is 1. The van der Waals surface area contributed by atoms with E-state index in [1.165, 1.54) is 0 Å². The Morgan fingerprint density at radius 2 is 0.932 bits per heavy atom. The van der Waals surface area contributed by atoms with Crippen LogP contribution in [0.1, 0.15) is 0 Å². The zero-order valence-corrected chi connectivity index (χ0v) is 49.7. The van der Waals surface area contributed by atoms with Gasteiger partial charge in [-0.1, -0.05) is 0 Å². The fourth-order valence-corrected chi connectivity index (χ4v) is 10.0. The topological polar surface area (TPSA) is 567 Å². The van der Waals surface area contributed by atoms with Gasteiger partial charge in [-0.2, -0.15) is 15.0 Å². The second kappa shape index (κ2) is 37.5. The molecular formula is C46H70N22O17S3. The summed E-state index contributed by atoms with van der Waals surface area (Å²) in [4.78, 5) is 219. The first-order chi connectivity index (χ1) is 41.8. The van der Waals surface area contributed by atoms with E-state index in [9.17, 15) is 81.8 Å². The first-order valence-corrected chi connectivity index (χ1v) is 30.2. The van der Waals surface area contributed by atoms with Gasteiger partial charge in [-0.25, -0.2) is 4.79 Å². The highest BCUT2D eigenvalue weighted by molar-refractivity contribution is 8.00. The van der Waals surface area contributed by atoms with Crippen molar-refractivity contribution in [2.75, 3.05) is 168 Å². The van der Waals surface area contributed by atoms with Gasteiger partial charge in [-0.3, -0.25) is 71.9 Å². The monoisotopic (exact) mass is 1300 g/mol. The van der Waals surface area contributed by atoms with Crippen molar-refractivity contribution in [1.82, 2.24) is 88.6 Å². The minimum absolute atomic E-state index is 0.0560. The Morgan fingerprint density at radius 1 is 0.545 bits per heavy atom. The van der Waals surface area contributed by atoms with E-state index in [0.29, 0.717) is 13.1 Å². The number of nitrogens with zero attached hydrogens (tertiary/aromatic N) is 7. The number of anilines is 3. The lowest BCUT2D eigenvalue weighted by Gasteiger charge is -2.36. The molecule has 6 rings (SSSR count). The maximum absolute atomic E-state index is 13.5. The number of carboxylic acids is 1. The summed E-state index contributed by atoms with van der Waals surface area (Å²) in [6, 6.07) is -3.89. The smallest absolute Gasteiger partial charge is 0.327 e. The minimum Gasteiger partial charge on any atom is -0.480 e. The van der Waals surface area contributed by atoms with E-state index in [2.05, 4.69) is 78.8 Å². The van der Waals surface area contributed by atoms with Gasteiger partial charge in [-0.15, -0.1) is 35.3 Å². The maximum Gasteiger partial charge on any atom is 0.327 e. The van der Waals surface area contributed by atoms with Gasteiger partial charge in [0.25, 0.3) is 0 Å². The molecule has 2 saturated heterocycles. The predicted molar refractivity (Wildman–Crippen MR) is 313 cm³/mol. The van der Waals surface area contributed by atoms with Crippen molar-refractivity contribution in [3.8, 4) is 0 Å². The van der Waals surface area contributed by atoms with Gasteiger partial charge in [0.15, 0.2) is 0 Å². The molecule has 88 heavy (non-hydrogen) atoms. The lowest BCUT2D eigenvalue weighted by molar-refractivity contribution is -0.141. The molecule has 0 radical (unpaired) electrons. The highest BCUT2D eigenvalue weighted by Crippen LogP contribution is 2.20. The summed E-state index contributed by atoms with van der Waals surface area (Å²) in [6.07, 6.45) is 0. The van der Waals surface area contributed by atoms with E-state index in [1.807, 2.05) is 4.90 Å². The SMILES string of the molecule is NC(=O)CSC[C@H](N)C(=O)NCC(=O)NCC(=O)NCC(=O)NCC(=O)NCC(=O)N[C@H]1CSCC(=O)N2CCN(CC2)c2nc(N)nc(n2)N2CCN(CC2)C(=O)CSC[C@@H](C(=O)O)NC(=O)CNC(=O)CNC(=O)CNC(=O)CNC(=O)CNC1=O. The minimum atomic E-state index is -1.43. The average molecular weight is 1300 g/mol. The molecule has 1 aromatic rings. The van der Waals surface area contributed by atoms with E-state index < -0.39 is 166 Å². The number of primary amides is 1. The summed E-state index contributed by atoms with van der Waals surface area (Å²) in [5, 5.41) is 36.6. The Labute approximate surface area is 513 Å². The Kier molecular flexibility index (Phi) is 30.4. The van der Waals surface area contributed by atoms with Crippen molar-refractivity contribution in [2.45, 2.75) is 18.1 Å². The van der Waals surface area contributed by atoms with Gasteiger partial charge in [-0.05, 0) is 0 Å². The maximum atomic E-state index is 13.5. The predicted octanol–water partition coefficient (Wildman–Crippen LogP) is -13.0. The first-order valence-electron chi connectivity index (χ1n) is 26.7. The summed E-state index contributed by atoms with van der Waals surface area (Å²) in [6.45, 7) is -4.40. The van der Waals surface area contributed by atoms with E-state index >= 15 is 0 Å². The van der Waals surface area contributed by atoms with Crippen molar-refractivity contribution in [2.24, 2.45) is 11.5 Å². The number of hydrogen-bond acceptors (Lipinski definition) is 26. The van der Waals surface area contributed by atoms with Gasteiger partial charge in [0.2, 0.25) is 106 Å². The number of aromatic nitrogens is 3. The summed E-state index contributed by atoms with van der Waals surface area (Å²) in [5.74, 6) is -13.1. The third-order valence-electron chi connectivity index (χ3n) is 12.1. The molecule has 6 bridgehead atoms. The Balaban J connectivity index is 1.31. The van der Waals surface area contributed by atoms with Gasteiger partial charge in [0.1, 0.15) is 12.1 Å². The van der Waals surface area contributed by atoms with E-state index in [4.69, 9.17) is 17.2 Å². The standard InChI is InChI=1S/C46H70N22O17S3/c47-25(19-86-22-28(48)69)41(82)58-15-35(76)54-11-31(72)50-9-29(70)52-13-33(74)56-17-37(78)60-26-20-87-23-39(80)65-1-5-67(6-2-65)45-62-44(49)63-46(64-45)68-7-3-66(4-8-68)40(81)24-88-21-27(43(84)85)61-38(79)18-57-34(75)14-53-30(71)10-51-32(73)12-55-36(77)16-59-42(26)83/h25-27H,1-24,47H2,(H2,48,69)(H,50,72)(H,51,73)(H,52,70)(H,53,71)(H,54,76)(H,55,77)(H,56,74)(H,57,75)(H,58,82)(H,59,83)(H,60,78)(H,61,79)(H,84,85)(H2,49,62,63,64)/t25-,26-,27-/m0/s1. The third kappa shape index (κ3) is 27.5. The summed E-state index contributed by atoms with van der Waals surface area (Å²) in [5.41, 5.74) is 16.8. The normalized spacial score (nSPS) is 18.9. The molecule has 0 spiro atoms. The van der Waals surface area contributed by atoms with Crippen molar-refractivity contribution < 1.29 is 81.8 Å². The molecule has 15 amide bonds. The summed E-state index contributed by atoms with van der Waals surface area (Å²) >= 11 is 2.96. The second-order valence-corrected chi connectivity index (χ2v) is 22.0. The van der Waals surface area contributed by atoms with Crippen molar-refractivity contribution in [3.05, 3.63) is 0 Å². The number of rotatable bonds is 17. The average Bonchev–Trinajstić information content (AvgIpc) is 3.26. The van der Waals surface area contributed by atoms with Crippen molar-refractivity contribution >= 4 is 148 Å². The summed E-state index contributed by atoms with van der Waals surface area (Å²) in [7, 11) is 0. The quantitative estimate of drug-likeness (QED) is 0.0689. The Bertz CT molecular complexity index is 2750. The zero-order valence-electron chi connectivity index (χ0n) is 47.3. The Morgan fingerprint density at radius 3 is 1.36 bits per heavy atom.